The fraction of sp³-hybridized carbons (Fsp3) is 0.125. The molecule has 1 aromatic heterocycles. The molecule has 0 saturated heterocycles. The second kappa shape index (κ2) is 5.06. The lowest BCUT2D eigenvalue weighted by Crippen LogP contribution is -2.12. The van der Waals surface area contributed by atoms with Gasteiger partial charge in [-0.2, -0.15) is 0 Å². The molecule has 0 unspecified atom stereocenters. The number of nitrogens with one attached hydrogen (secondary N) is 1. The van der Waals surface area contributed by atoms with E-state index >= 15 is 0 Å². The van der Waals surface area contributed by atoms with Gasteiger partial charge in [0, 0.05) is 10.4 Å². The molecule has 0 aliphatic carbocycles. The third-order valence-electron chi connectivity index (χ3n) is 3.28. The molecule has 0 spiro atoms. The first kappa shape index (κ1) is 12.8. The lowest BCUT2D eigenvalue weighted by molar-refractivity contribution is 0.102. The summed E-state index contributed by atoms with van der Waals surface area (Å²) in [5, 5.41) is 5.55. The van der Waals surface area contributed by atoms with Gasteiger partial charge in [0.25, 0.3) is 5.91 Å². The number of hydrogen-bond donors (Lipinski definition) is 1. The molecule has 0 aliphatic rings. The van der Waals surface area contributed by atoms with Crippen LogP contribution < -0.4 is 5.32 Å². The van der Waals surface area contributed by atoms with Gasteiger partial charge in [-0.25, -0.2) is 4.98 Å². The number of aromatic nitrogens is 1. The zero-order chi connectivity index (χ0) is 14.1. The van der Waals surface area contributed by atoms with Crippen molar-refractivity contribution in [1.29, 1.82) is 0 Å². The lowest BCUT2D eigenvalue weighted by atomic mass is 10.0. The number of hydrogen-bond acceptors (Lipinski definition) is 3. The van der Waals surface area contributed by atoms with Gasteiger partial charge in [0.05, 0.1) is 5.69 Å². The minimum absolute atomic E-state index is 0.115. The summed E-state index contributed by atoms with van der Waals surface area (Å²) < 4.78 is 0. The molecule has 4 heteroatoms. The van der Waals surface area contributed by atoms with Gasteiger partial charge in [0.15, 0.2) is 5.13 Å². The Morgan fingerprint density at radius 2 is 1.85 bits per heavy atom. The van der Waals surface area contributed by atoms with Gasteiger partial charge in [-0.3, -0.25) is 10.1 Å². The summed E-state index contributed by atoms with van der Waals surface area (Å²) in [5.41, 5.74) is 1.64. The zero-order valence-electron chi connectivity index (χ0n) is 11.3. The zero-order valence-corrected chi connectivity index (χ0v) is 12.1. The molecule has 1 N–H and O–H groups in total. The maximum absolute atomic E-state index is 12.4. The lowest BCUT2D eigenvalue weighted by Gasteiger charge is -2.05. The van der Waals surface area contributed by atoms with E-state index in [0.29, 0.717) is 10.7 Å². The molecule has 0 saturated carbocycles. The summed E-state index contributed by atoms with van der Waals surface area (Å²) in [6.45, 7) is 3.94. The summed E-state index contributed by atoms with van der Waals surface area (Å²) in [7, 11) is 0. The van der Waals surface area contributed by atoms with Gasteiger partial charge in [0.1, 0.15) is 0 Å². The van der Waals surface area contributed by atoms with Gasteiger partial charge in [-0.1, -0.05) is 36.4 Å². The number of fused-ring (bicyclic) bond motifs is 1. The molecule has 100 valence electrons. The van der Waals surface area contributed by atoms with Crippen LogP contribution in [0, 0.1) is 13.8 Å². The molecule has 1 heterocycles. The Morgan fingerprint density at radius 3 is 2.60 bits per heavy atom. The molecule has 0 radical (unpaired) electrons. The first-order valence-electron chi connectivity index (χ1n) is 6.38. The fourth-order valence-electron chi connectivity index (χ4n) is 2.11. The van der Waals surface area contributed by atoms with Crippen LogP contribution in [0.4, 0.5) is 5.13 Å². The normalized spacial score (nSPS) is 10.7. The van der Waals surface area contributed by atoms with Crippen molar-refractivity contribution >= 4 is 33.1 Å². The van der Waals surface area contributed by atoms with Crippen LogP contribution in [0.2, 0.25) is 0 Å². The van der Waals surface area contributed by atoms with Crippen molar-refractivity contribution in [3.05, 3.63) is 58.6 Å². The predicted octanol–water partition coefficient (Wildman–Crippen LogP) is 4.17. The maximum Gasteiger partial charge on any atom is 0.258 e. The van der Waals surface area contributed by atoms with Gasteiger partial charge >= 0.3 is 0 Å². The van der Waals surface area contributed by atoms with E-state index in [0.717, 1.165) is 21.3 Å². The molecule has 2 aromatic carbocycles. The summed E-state index contributed by atoms with van der Waals surface area (Å²) in [4.78, 5) is 17.9. The smallest absolute Gasteiger partial charge is 0.258 e. The first-order chi connectivity index (χ1) is 9.65. The Morgan fingerprint density at radius 1 is 1.10 bits per heavy atom. The summed E-state index contributed by atoms with van der Waals surface area (Å²) in [5.74, 6) is -0.115. The molecule has 20 heavy (non-hydrogen) atoms. The highest BCUT2D eigenvalue weighted by Gasteiger charge is 2.12. The van der Waals surface area contributed by atoms with Crippen molar-refractivity contribution in [2.75, 3.05) is 5.32 Å². The molecule has 0 atom stereocenters. The molecular formula is C16H14N2OS. The second-order valence-electron chi connectivity index (χ2n) is 4.64. The van der Waals surface area contributed by atoms with E-state index in [9.17, 15) is 4.79 Å². The largest absolute Gasteiger partial charge is 0.298 e. The third-order valence-corrected chi connectivity index (χ3v) is 4.27. The Labute approximate surface area is 121 Å². The number of carbonyl (C=O) groups is 1. The molecule has 3 aromatic rings. The van der Waals surface area contributed by atoms with Crippen LogP contribution in [0.15, 0.2) is 42.5 Å². The first-order valence-corrected chi connectivity index (χ1v) is 7.20. The van der Waals surface area contributed by atoms with Crippen LogP contribution in [0.3, 0.4) is 0 Å². The van der Waals surface area contributed by atoms with E-state index in [1.54, 1.807) is 0 Å². The van der Waals surface area contributed by atoms with Crippen LogP contribution in [0.5, 0.6) is 0 Å². The number of carbonyl (C=O) groups excluding carboxylic acids is 1. The van der Waals surface area contributed by atoms with Crippen LogP contribution in [0.25, 0.3) is 10.8 Å². The van der Waals surface area contributed by atoms with Crippen molar-refractivity contribution in [2.24, 2.45) is 0 Å². The highest BCUT2D eigenvalue weighted by atomic mass is 32.1. The van der Waals surface area contributed by atoms with Crippen molar-refractivity contribution < 1.29 is 4.79 Å². The average Bonchev–Trinajstić information content (AvgIpc) is 2.76. The molecule has 0 bridgehead atoms. The monoisotopic (exact) mass is 282 g/mol. The van der Waals surface area contributed by atoms with Crippen LogP contribution in [-0.4, -0.2) is 10.9 Å². The second-order valence-corrected chi connectivity index (χ2v) is 5.84. The van der Waals surface area contributed by atoms with Crippen molar-refractivity contribution in [2.45, 2.75) is 13.8 Å². The van der Waals surface area contributed by atoms with Crippen molar-refractivity contribution in [3.63, 3.8) is 0 Å². The number of nitrogens with zero attached hydrogens (tertiary/aromatic N) is 1. The number of thiazole rings is 1. The third kappa shape index (κ3) is 2.30. The molecule has 0 fully saturated rings. The SMILES string of the molecule is Cc1nc(NC(=O)c2cccc3ccccc23)sc1C. The standard InChI is InChI=1S/C16H14N2OS/c1-10-11(2)20-16(17-10)18-15(19)14-9-5-7-12-6-3-4-8-13(12)14/h3-9H,1-2H3,(H,17,18,19). The predicted molar refractivity (Wildman–Crippen MR) is 83.5 cm³/mol. The summed E-state index contributed by atoms with van der Waals surface area (Å²) in [6, 6.07) is 13.6. The number of benzene rings is 2. The number of amides is 1. The Bertz CT molecular complexity index is 767. The number of rotatable bonds is 2. The number of aryl methyl sites for hydroxylation is 2. The Kier molecular flexibility index (Phi) is 3.24. The van der Waals surface area contributed by atoms with E-state index in [4.69, 9.17) is 0 Å². The van der Waals surface area contributed by atoms with Crippen molar-refractivity contribution in [3.8, 4) is 0 Å². The van der Waals surface area contributed by atoms with Gasteiger partial charge in [0.2, 0.25) is 0 Å². The van der Waals surface area contributed by atoms with E-state index in [1.165, 1.54) is 11.3 Å². The Balaban J connectivity index is 1.96. The van der Waals surface area contributed by atoms with E-state index in [1.807, 2.05) is 56.3 Å². The Hall–Kier alpha value is -2.20. The van der Waals surface area contributed by atoms with E-state index in [-0.39, 0.29) is 5.91 Å². The highest BCUT2D eigenvalue weighted by molar-refractivity contribution is 7.15. The van der Waals surface area contributed by atoms with E-state index < -0.39 is 0 Å². The summed E-state index contributed by atoms with van der Waals surface area (Å²) >= 11 is 1.50. The average molecular weight is 282 g/mol. The van der Waals surface area contributed by atoms with E-state index in [2.05, 4.69) is 10.3 Å². The molecule has 3 rings (SSSR count). The topological polar surface area (TPSA) is 42.0 Å². The number of anilines is 1. The fourth-order valence-corrected chi connectivity index (χ4v) is 2.92. The van der Waals surface area contributed by atoms with Gasteiger partial charge in [-0.05, 0) is 30.7 Å². The van der Waals surface area contributed by atoms with Crippen LogP contribution in [0.1, 0.15) is 20.9 Å². The maximum atomic E-state index is 12.4. The summed E-state index contributed by atoms with van der Waals surface area (Å²) in [6.07, 6.45) is 0. The van der Waals surface area contributed by atoms with Crippen LogP contribution in [-0.2, 0) is 0 Å². The molecule has 1 amide bonds. The minimum Gasteiger partial charge on any atom is -0.298 e. The molecule has 3 nitrogen and oxygen atoms in total. The van der Waals surface area contributed by atoms with Crippen molar-refractivity contribution in [1.82, 2.24) is 4.98 Å². The molecular weight excluding hydrogens is 268 g/mol. The minimum atomic E-state index is -0.115. The van der Waals surface area contributed by atoms with Gasteiger partial charge < -0.3 is 0 Å². The van der Waals surface area contributed by atoms with Gasteiger partial charge in [-0.15, -0.1) is 11.3 Å². The highest BCUT2D eigenvalue weighted by Crippen LogP contribution is 2.23. The van der Waals surface area contributed by atoms with Crippen LogP contribution >= 0.6 is 11.3 Å². The molecule has 0 aliphatic heterocycles. The quantitative estimate of drug-likeness (QED) is 0.766.